The van der Waals surface area contributed by atoms with Crippen molar-refractivity contribution in [3.05, 3.63) is 0 Å². The summed E-state index contributed by atoms with van der Waals surface area (Å²) >= 11 is 6.29. The molecule has 0 aromatic heterocycles. The van der Waals surface area contributed by atoms with Crippen LogP contribution in [-0.2, 0) is 19.2 Å². The van der Waals surface area contributed by atoms with Crippen molar-refractivity contribution < 1.29 is 24.3 Å². The second kappa shape index (κ2) is 10.6. The van der Waals surface area contributed by atoms with E-state index in [1.54, 1.807) is 7.05 Å². The van der Waals surface area contributed by atoms with Crippen LogP contribution in [0.1, 0.15) is 12.8 Å². The standard InChI is InChI=1S/C11H18N3O5SSe/c1-12-6(11(19)21)2-3-8(15)14-7(5-20)10(18)13-4-9(16)17/h6-7,12,20H,2-5H2,1H3,(H,13,18)(H,14,15)(H,16,17). The van der Waals surface area contributed by atoms with Crippen LogP contribution in [0.25, 0.3) is 0 Å². The van der Waals surface area contributed by atoms with Gasteiger partial charge in [-0.1, -0.05) is 0 Å². The van der Waals surface area contributed by atoms with Crippen LogP contribution in [0.15, 0.2) is 0 Å². The van der Waals surface area contributed by atoms with E-state index in [0.717, 1.165) is 0 Å². The monoisotopic (exact) mass is 384 g/mol. The maximum atomic E-state index is 11.7. The molecule has 0 spiro atoms. The molecule has 0 saturated heterocycles. The summed E-state index contributed by atoms with van der Waals surface area (Å²) < 4.78 is -0.199. The van der Waals surface area contributed by atoms with Crippen molar-refractivity contribution in [1.82, 2.24) is 16.0 Å². The van der Waals surface area contributed by atoms with Crippen LogP contribution in [0.3, 0.4) is 0 Å². The molecule has 8 nitrogen and oxygen atoms in total. The maximum absolute atomic E-state index is 11.7. The topological polar surface area (TPSA) is 125 Å². The summed E-state index contributed by atoms with van der Waals surface area (Å²) in [5, 5.41) is 15.8. The van der Waals surface area contributed by atoms with E-state index in [2.05, 4.69) is 44.6 Å². The molecule has 0 heterocycles. The average Bonchev–Trinajstić information content (AvgIpc) is 2.42. The Morgan fingerprint density at radius 3 is 2.29 bits per heavy atom. The van der Waals surface area contributed by atoms with E-state index < -0.39 is 36.4 Å². The molecule has 0 rings (SSSR count). The predicted molar refractivity (Wildman–Crippen MR) is 79.3 cm³/mol. The van der Waals surface area contributed by atoms with Crippen LogP contribution in [0.4, 0.5) is 0 Å². The molecular formula is C11H18N3O5SSe. The summed E-state index contributed by atoms with van der Waals surface area (Å²) in [5.74, 6) is -2.18. The van der Waals surface area contributed by atoms with E-state index >= 15 is 0 Å². The first-order valence-electron chi connectivity index (χ1n) is 6.09. The molecule has 2 unspecified atom stereocenters. The molecule has 0 bridgehead atoms. The summed E-state index contributed by atoms with van der Waals surface area (Å²) in [6.45, 7) is -0.527. The van der Waals surface area contributed by atoms with Gasteiger partial charge in [-0.15, -0.1) is 0 Å². The zero-order valence-electron chi connectivity index (χ0n) is 11.4. The van der Waals surface area contributed by atoms with E-state index in [9.17, 15) is 19.2 Å². The van der Waals surface area contributed by atoms with Gasteiger partial charge in [-0.05, 0) is 0 Å². The minimum atomic E-state index is -1.18. The fourth-order valence-electron chi connectivity index (χ4n) is 1.40. The molecule has 2 atom stereocenters. The molecule has 4 N–H and O–H groups in total. The fourth-order valence-corrected chi connectivity index (χ4v) is 2.15. The number of carboxylic acids is 1. The van der Waals surface area contributed by atoms with Crippen LogP contribution in [0.5, 0.6) is 0 Å². The van der Waals surface area contributed by atoms with Gasteiger partial charge in [0.05, 0.1) is 0 Å². The summed E-state index contributed by atoms with van der Waals surface area (Å²) in [5.41, 5.74) is 0. The minimum absolute atomic E-state index is 0.0349. The Hall–Kier alpha value is -1.09. The molecule has 0 fully saturated rings. The van der Waals surface area contributed by atoms with E-state index in [-0.39, 0.29) is 23.3 Å². The van der Waals surface area contributed by atoms with Crippen molar-refractivity contribution in [3.8, 4) is 0 Å². The van der Waals surface area contributed by atoms with E-state index in [0.29, 0.717) is 0 Å². The molecule has 0 saturated carbocycles. The molecule has 0 aliphatic rings. The first kappa shape index (κ1) is 19.9. The molecule has 21 heavy (non-hydrogen) atoms. The van der Waals surface area contributed by atoms with E-state index in [1.165, 1.54) is 0 Å². The van der Waals surface area contributed by atoms with Crippen molar-refractivity contribution in [1.29, 1.82) is 0 Å². The summed E-state index contributed by atoms with van der Waals surface area (Å²) in [7, 11) is 1.60. The van der Waals surface area contributed by atoms with Gasteiger partial charge in [0.25, 0.3) is 0 Å². The van der Waals surface area contributed by atoms with Gasteiger partial charge in [0.1, 0.15) is 0 Å². The Morgan fingerprint density at radius 2 is 1.86 bits per heavy atom. The SMILES string of the molecule is CNC(CCC(=O)NC(CS)C(=O)NCC(=O)O)C(=O)[Se]. The van der Waals surface area contributed by atoms with Gasteiger partial charge < -0.3 is 0 Å². The third kappa shape index (κ3) is 8.71. The van der Waals surface area contributed by atoms with E-state index in [4.69, 9.17) is 5.11 Å². The number of aliphatic carboxylic acids is 1. The van der Waals surface area contributed by atoms with Crippen molar-refractivity contribution in [3.63, 3.8) is 0 Å². The zero-order chi connectivity index (χ0) is 16.4. The van der Waals surface area contributed by atoms with Crippen LogP contribution in [0.2, 0.25) is 0 Å². The van der Waals surface area contributed by atoms with Gasteiger partial charge in [0.15, 0.2) is 0 Å². The Morgan fingerprint density at radius 1 is 1.24 bits per heavy atom. The second-order valence-corrected chi connectivity index (χ2v) is 5.32. The Kier molecular flexibility index (Phi) is 10.1. The number of nitrogens with one attached hydrogen (secondary N) is 3. The number of rotatable bonds is 10. The number of carbonyl (C=O) groups excluding carboxylic acids is 3. The van der Waals surface area contributed by atoms with Gasteiger partial charge in [0.2, 0.25) is 0 Å². The Bertz CT molecular complexity index is 407. The van der Waals surface area contributed by atoms with Crippen LogP contribution < -0.4 is 16.0 Å². The molecular weight excluding hydrogens is 365 g/mol. The zero-order valence-corrected chi connectivity index (χ0v) is 14.0. The molecule has 119 valence electrons. The molecule has 10 heteroatoms. The summed E-state index contributed by atoms with van der Waals surface area (Å²) in [6, 6.07) is -1.39. The van der Waals surface area contributed by atoms with Crippen LogP contribution in [-0.4, -0.2) is 75.0 Å². The molecule has 0 aromatic carbocycles. The van der Waals surface area contributed by atoms with Crippen molar-refractivity contribution in [2.24, 2.45) is 0 Å². The van der Waals surface area contributed by atoms with Crippen molar-refractivity contribution in [2.45, 2.75) is 24.9 Å². The predicted octanol–water partition coefficient (Wildman–Crippen LogP) is -2.33. The summed E-state index contributed by atoms with van der Waals surface area (Å²) in [4.78, 5) is 44.8. The first-order valence-corrected chi connectivity index (χ1v) is 7.58. The number of hydrogen-bond donors (Lipinski definition) is 5. The van der Waals surface area contributed by atoms with Crippen LogP contribution in [0, 0.1) is 0 Å². The van der Waals surface area contributed by atoms with Crippen molar-refractivity contribution in [2.75, 3.05) is 19.3 Å². The average molecular weight is 383 g/mol. The number of thiol groups is 1. The number of likely N-dealkylation sites (N-methyl/N-ethyl adjacent to an activating group) is 1. The molecule has 2 amide bonds. The van der Waals surface area contributed by atoms with Gasteiger partial charge >= 0.3 is 136 Å². The van der Waals surface area contributed by atoms with Gasteiger partial charge in [-0.2, -0.15) is 0 Å². The van der Waals surface area contributed by atoms with E-state index in [1.807, 2.05) is 0 Å². The quantitative estimate of drug-likeness (QED) is 0.213. The number of carbonyl (C=O) groups is 4. The normalized spacial score (nSPS) is 13.0. The Balaban J connectivity index is 4.29. The second-order valence-electron chi connectivity index (χ2n) is 4.11. The number of amides is 2. The third-order valence-electron chi connectivity index (χ3n) is 2.54. The first-order chi connectivity index (χ1) is 9.81. The van der Waals surface area contributed by atoms with Gasteiger partial charge in [0, 0.05) is 0 Å². The Labute approximate surface area is 136 Å². The summed E-state index contributed by atoms with van der Waals surface area (Å²) in [6.07, 6.45) is 0.333. The molecule has 0 aliphatic carbocycles. The molecule has 1 radical (unpaired) electrons. The fraction of sp³-hybridized carbons (Fsp3) is 0.636. The molecule has 0 aromatic rings. The third-order valence-corrected chi connectivity index (χ3v) is 3.50. The number of hydrogen-bond acceptors (Lipinski definition) is 6. The number of carboxylic acid groups (broad SMARTS) is 1. The van der Waals surface area contributed by atoms with Gasteiger partial charge in [-0.3, -0.25) is 0 Å². The molecule has 0 aliphatic heterocycles. The van der Waals surface area contributed by atoms with Crippen LogP contribution >= 0.6 is 12.6 Å². The van der Waals surface area contributed by atoms with Crippen molar-refractivity contribution >= 4 is 51.1 Å². The van der Waals surface area contributed by atoms with Gasteiger partial charge in [-0.25, -0.2) is 0 Å².